The van der Waals surface area contributed by atoms with E-state index in [1.807, 2.05) is 55.4 Å². The van der Waals surface area contributed by atoms with Gasteiger partial charge in [-0.05, 0) is 42.0 Å². The van der Waals surface area contributed by atoms with E-state index >= 15 is 0 Å². The van der Waals surface area contributed by atoms with Gasteiger partial charge in [-0.2, -0.15) is 20.8 Å². The molecule has 0 aliphatic heterocycles. The fourth-order valence-corrected chi connectivity index (χ4v) is 1.89. The SMILES string of the molecule is CN(C)c1ccc(/N=N/c2ccc(C(C#N)=CC#N)cc2)cc1. The molecule has 0 spiro atoms. The Kier molecular flexibility index (Phi) is 5.22. The zero-order valence-corrected chi connectivity index (χ0v) is 12.9. The van der Waals surface area contributed by atoms with Gasteiger partial charge < -0.3 is 4.90 Å². The molecule has 0 amide bonds. The summed E-state index contributed by atoms with van der Waals surface area (Å²) in [5.41, 5.74) is 3.56. The van der Waals surface area contributed by atoms with Crippen LogP contribution in [-0.4, -0.2) is 14.1 Å². The van der Waals surface area contributed by atoms with Gasteiger partial charge >= 0.3 is 0 Å². The summed E-state index contributed by atoms with van der Waals surface area (Å²) in [6, 6.07) is 18.6. The Bertz CT molecular complexity index is 800. The molecule has 0 saturated carbocycles. The van der Waals surface area contributed by atoms with Gasteiger partial charge in [-0.1, -0.05) is 12.1 Å². The Balaban J connectivity index is 2.13. The highest BCUT2D eigenvalue weighted by Crippen LogP contribution is 2.23. The summed E-state index contributed by atoms with van der Waals surface area (Å²) >= 11 is 0. The van der Waals surface area contributed by atoms with Crippen molar-refractivity contribution in [3.8, 4) is 12.1 Å². The topological polar surface area (TPSA) is 75.5 Å². The summed E-state index contributed by atoms with van der Waals surface area (Å²) < 4.78 is 0. The van der Waals surface area contributed by atoms with Crippen molar-refractivity contribution in [1.29, 1.82) is 10.5 Å². The van der Waals surface area contributed by atoms with E-state index in [0.29, 0.717) is 16.8 Å². The van der Waals surface area contributed by atoms with E-state index in [2.05, 4.69) is 10.2 Å². The molecule has 2 aromatic rings. The van der Waals surface area contributed by atoms with Crippen LogP contribution in [0.2, 0.25) is 0 Å². The lowest BCUT2D eigenvalue weighted by molar-refractivity contribution is 1.13. The van der Waals surface area contributed by atoms with Crippen molar-refractivity contribution in [3.63, 3.8) is 0 Å². The molecule has 0 aliphatic rings. The Morgan fingerprint density at radius 2 is 1.43 bits per heavy atom. The highest BCUT2D eigenvalue weighted by atomic mass is 15.1. The van der Waals surface area contributed by atoms with Crippen LogP contribution in [-0.2, 0) is 0 Å². The molecule has 0 atom stereocenters. The molecule has 0 fully saturated rings. The average Bonchev–Trinajstić information content (AvgIpc) is 2.59. The smallest absolute Gasteiger partial charge is 0.101 e. The van der Waals surface area contributed by atoms with Crippen molar-refractivity contribution in [1.82, 2.24) is 0 Å². The van der Waals surface area contributed by atoms with Crippen LogP contribution < -0.4 is 4.90 Å². The van der Waals surface area contributed by atoms with E-state index < -0.39 is 0 Å². The molecule has 112 valence electrons. The second kappa shape index (κ2) is 7.53. The van der Waals surface area contributed by atoms with Crippen molar-refractivity contribution in [2.24, 2.45) is 10.2 Å². The minimum absolute atomic E-state index is 0.329. The summed E-state index contributed by atoms with van der Waals surface area (Å²) in [6.07, 6.45) is 1.23. The molecule has 0 aromatic heterocycles. The molecular weight excluding hydrogens is 286 g/mol. The summed E-state index contributed by atoms with van der Waals surface area (Å²) in [5, 5.41) is 26.0. The number of allylic oxidation sites excluding steroid dienone is 2. The molecule has 0 saturated heterocycles. The number of benzene rings is 2. The molecule has 23 heavy (non-hydrogen) atoms. The standard InChI is InChI=1S/C18H15N5/c1-23(2)18-9-7-17(8-10-18)22-21-16-5-3-14(4-6-16)15(13-20)11-12-19/h3-11H,1-2H3/b15-11?,22-21+. The molecule has 0 radical (unpaired) electrons. The second-order valence-electron chi connectivity index (χ2n) is 4.96. The maximum absolute atomic E-state index is 8.98. The van der Waals surface area contributed by atoms with Crippen LogP contribution in [0.15, 0.2) is 64.8 Å². The normalized spacial score (nSPS) is 11.0. The fourth-order valence-electron chi connectivity index (χ4n) is 1.89. The lowest BCUT2D eigenvalue weighted by atomic mass is 10.1. The summed E-state index contributed by atoms with van der Waals surface area (Å²) in [5.74, 6) is 0. The third-order valence-corrected chi connectivity index (χ3v) is 3.15. The van der Waals surface area contributed by atoms with Crippen LogP contribution >= 0.6 is 0 Å². The summed E-state index contributed by atoms with van der Waals surface area (Å²) in [7, 11) is 3.96. The number of hydrogen-bond acceptors (Lipinski definition) is 5. The zero-order valence-electron chi connectivity index (χ0n) is 12.9. The fraction of sp³-hybridized carbons (Fsp3) is 0.111. The van der Waals surface area contributed by atoms with Gasteiger partial charge in [0.1, 0.15) is 6.07 Å². The number of rotatable bonds is 4. The maximum Gasteiger partial charge on any atom is 0.101 e. The van der Waals surface area contributed by atoms with Crippen molar-refractivity contribution in [2.75, 3.05) is 19.0 Å². The van der Waals surface area contributed by atoms with Crippen molar-refractivity contribution >= 4 is 22.6 Å². The zero-order chi connectivity index (χ0) is 16.7. The van der Waals surface area contributed by atoms with Gasteiger partial charge in [0.25, 0.3) is 0 Å². The molecule has 2 rings (SSSR count). The summed E-state index contributed by atoms with van der Waals surface area (Å²) in [4.78, 5) is 2.02. The van der Waals surface area contributed by atoms with E-state index in [0.717, 1.165) is 11.4 Å². The average molecular weight is 301 g/mol. The van der Waals surface area contributed by atoms with E-state index in [-0.39, 0.29) is 0 Å². The lowest BCUT2D eigenvalue weighted by Gasteiger charge is -2.11. The van der Waals surface area contributed by atoms with Crippen LogP contribution in [0.4, 0.5) is 17.1 Å². The van der Waals surface area contributed by atoms with Crippen molar-refractivity contribution in [2.45, 2.75) is 0 Å². The minimum atomic E-state index is 0.329. The van der Waals surface area contributed by atoms with Crippen molar-refractivity contribution < 1.29 is 0 Å². The first-order valence-corrected chi connectivity index (χ1v) is 6.93. The third kappa shape index (κ3) is 4.26. The molecule has 0 unspecified atom stereocenters. The van der Waals surface area contributed by atoms with Gasteiger partial charge in [0.05, 0.1) is 23.0 Å². The van der Waals surface area contributed by atoms with Gasteiger partial charge in [0.2, 0.25) is 0 Å². The molecule has 0 aliphatic carbocycles. The van der Waals surface area contributed by atoms with E-state index in [1.54, 1.807) is 24.3 Å². The molecule has 0 N–H and O–H groups in total. The van der Waals surface area contributed by atoms with Crippen LogP contribution in [0.3, 0.4) is 0 Å². The van der Waals surface area contributed by atoms with Crippen LogP contribution in [0.1, 0.15) is 5.56 Å². The minimum Gasteiger partial charge on any atom is -0.378 e. The molecule has 2 aromatic carbocycles. The Labute approximate surface area is 135 Å². The Morgan fingerprint density at radius 3 is 1.87 bits per heavy atom. The Morgan fingerprint density at radius 1 is 0.913 bits per heavy atom. The number of hydrogen-bond donors (Lipinski definition) is 0. The van der Waals surface area contributed by atoms with Gasteiger partial charge in [-0.25, -0.2) is 0 Å². The van der Waals surface area contributed by atoms with Gasteiger partial charge in [-0.15, -0.1) is 0 Å². The number of anilines is 1. The number of nitrogens with zero attached hydrogens (tertiary/aromatic N) is 5. The predicted molar refractivity (Wildman–Crippen MR) is 90.6 cm³/mol. The second-order valence-corrected chi connectivity index (χ2v) is 4.96. The first kappa shape index (κ1) is 15.9. The molecule has 5 nitrogen and oxygen atoms in total. The van der Waals surface area contributed by atoms with Gasteiger partial charge in [0.15, 0.2) is 0 Å². The monoisotopic (exact) mass is 301 g/mol. The van der Waals surface area contributed by atoms with Gasteiger partial charge in [-0.3, -0.25) is 0 Å². The quantitative estimate of drug-likeness (QED) is 0.611. The molecule has 5 heteroatoms. The van der Waals surface area contributed by atoms with E-state index in [1.165, 1.54) is 6.08 Å². The van der Waals surface area contributed by atoms with E-state index in [4.69, 9.17) is 10.5 Å². The van der Waals surface area contributed by atoms with Crippen molar-refractivity contribution in [3.05, 3.63) is 60.2 Å². The maximum atomic E-state index is 8.98. The largest absolute Gasteiger partial charge is 0.378 e. The molecule has 0 heterocycles. The predicted octanol–water partition coefficient (Wildman–Crippen LogP) is 4.60. The third-order valence-electron chi connectivity index (χ3n) is 3.15. The van der Waals surface area contributed by atoms with Crippen LogP contribution in [0.5, 0.6) is 0 Å². The first-order valence-electron chi connectivity index (χ1n) is 6.93. The Hall–Kier alpha value is -3.44. The van der Waals surface area contributed by atoms with Crippen LogP contribution in [0, 0.1) is 22.7 Å². The van der Waals surface area contributed by atoms with Gasteiger partial charge in [0, 0.05) is 25.9 Å². The molecular formula is C18H15N5. The lowest BCUT2D eigenvalue weighted by Crippen LogP contribution is -2.07. The highest BCUT2D eigenvalue weighted by Gasteiger charge is 2.00. The van der Waals surface area contributed by atoms with Crippen LogP contribution in [0.25, 0.3) is 5.57 Å². The first-order chi connectivity index (χ1) is 11.1. The highest BCUT2D eigenvalue weighted by molar-refractivity contribution is 5.78. The molecule has 0 bridgehead atoms. The summed E-state index contributed by atoms with van der Waals surface area (Å²) in [6.45, 7) is 0. The van der Waals surface area contributed by atoms with E-state index in [9.17, 15) is 0 Å². The number of nitriles is 2. The number of azo groups is 1.